The van der Waals surface area contributed by atoms with Crippen LogP contribution >= 0.6 is 11.6 Å². The monoisotopic (exact) mass is 309 g/mol. The molecule has 1 aromatic rings. The number of amides is 2. The number of carbonyl (C=O) groups excluding carboxylic acids is 3. The van der Waals surface area contributed by atoms with Gasteiger partial charge in [0, 0.05) is 19.9 Å². The van der Waals surface area contributed by atoms with E-state index in [1.807, 2.05) is 0 Å². The predicted octanol–water partition coefficient (Wildman–Crippen LogP) is 1.48. The van der Waals surface area contributed by atoms with E-state index >= 15 is 0 Å². The average molecular weight is 310 g/mol. The molecular formula is C13H12ClN3O4. The number of benzene rings is 1. The largest absolute Gasteiger partial charge is 0.426 e. The van der Waals surface area contributed by atoms with Gasteiger partial charge in [0.15, 0.2) is 0 Å². The van der Waals surface area contributed by atoms with Crippen LogP contribution in [-0.2, 0) is 9.59 Å². The van der Waals surface area contributed by atoms with Crippen molar-refractivity contribution in [1.82, 2.24) is 5.32 Å². The van der Waals surface area contributed by atoms with Crippen molar-refractivity contribution in [2.24, 2.45) is 0 Å². The van der Waals surface area contributed by atoms with E-state index in [0.717, 1.165) is 0 Å². The van der Waals surface area contributed by atoms with Crippen molar-refractivity contribution < 1.29 is 19.1 Å². The molecule has 0 saturated heterocycles. The van der Waals surface area contributed by atoms with Crippen LogP contribution in [0.15, 0.2) is 12.1 Å². The maximum absolute atomic E-state index is 11.9. The minimum atomic E-state index is -0.638. The quantitative estimate of drug-likeness (QED) is 0.497. The summed E-state index contributed by atoms with van der Waals surface area (Å²) >= 11 is 5.96. The molecule has 0 aliphatic carbocycles. The van der Waals surface area contributed by atoms with Gasteiger partial charge in [-0.2, -0.15) is 5.26 Å². The molecule has 0 unspecified atom stereocenters. The van der Waals surface area contributed by atoms with Crippen molar-refractivity contribution in [3.8, 4) is 11.8 Å². The van der Waals surface area contributed by atoms with E-state index in [9.17, 15) is 14.4 Å². The second-order valence-electron chi connectivity index (χ2n) is 3.94. The number of nitrogens with zero attached hydrogens (tertiary/aromatic N) is 1. The lowest BCUT2D eigenvalue weighted by molar-refractivity contribution is -0.131. The van der Waals surface area contributed by atoms with Gasteiger partial charge in [-0.3, -0.25) is 14.4 Å². The van der Waals surface area contributed by atoms with E-state index in [2.05, 4.69) is 10.6 Å². The highest BCUT2D eigenvalue weighted by atomic mass is 35.5. The number of ether oxygens (including phenoxy) is 1. The van der Waals surface area contributed by atoms with Gasteiger partial charge in [-0.05, 0) is 6.07 Å². The van der Waals surface area contributed by atoms with Crippen LogP contribution in [0.2, 0.25) is 5.02 Å². The molecule has 1 aromatic carbocycles. The summed E-state index contributed by atoms with van der Waals surface area (Å²) in [6.07, 6.45) is 0. The number of hydrogen-bond acceptors (Lipinski definition) is 5. The predicted molar refractivity (Wildman–Crippen MR) is 75.0 cm³/mol. The topological polar surface area (TPSA) is 108 Å². The standard InChI is InChI=1S/C13H12ClN3O4/c1-7(18)17-11-6-12(21-8(2)19)9(5-10(11)14)13(20)16-4-3-15/h5-6H,4H2,1-2H3,(H,16,20)(H,17,18). The fourth-order valence-corrected chi connectivity index (χ4v) is 1.68. The molecule has 0 aliphatic rings. The fraction of sp³-hybridized carbons (Fsp3) is 0.231. The molecule has 0 fully saturated rings. The zero-order chi connectivity index (χ0) is 16.0. The molecule has 21 heavy (non-hydrogen) atoms. The van der Waals surface area contributed by atoms with Gasteiger partial charge in [0.2, 0.25) is 5.91 Å². The highest BCUT2D eigenvalue weighted by molar-refractivity contribution is 6.34. The van der Waals surface area contributed by atoms with Crippen molar-refractivity contribution >= 4 is 35.1 Å². The lowest BCUT2D eigenvalue weighted by Crippen LogP contribution is -2.24. The third-order valence-electron chi connectivity index (χ3n) is 2.21. The Bertz CT molecular complexity index is 637. The lowest BCUT2D eigenvalue weighted by atomic mass is 10.1. The first-order valence-corrected chi connectivity index (χ1v) is 6.17. The molecule has 0 aliphatic heterocycles. The molecule has 8 heteroatoms. The molecule has 2 N–H and O–H groups in total. The molecule has 110 valence electrons. The maximum Gasteiger partial charge on any atom is 0.308 e. The Morgan fingerprint density at radius 1 is 1.33 bits per heavy atom. The molecular weight excluding hydrogens is 298 g/mol. The number of rotatable bonds is 4. The summed E-state index contributed by atoms with van der Waals surface area (Å²) in [5, 5.41) is 13.3. The van der Waals surface area contributed by atoms with Crippen LogP contribution in [-0.4, -0.2) is 24.3 Å². The fourth-order valence-electron chi connectivity index (χ4n) is 1.47. The van der Waals surface area contributed by atoms with Crippen molar-refractivity contribution in [2.75, 3.05) is 11.9 Å². The summed E-state index contributed by atoms with van der Waals surface area (Å²) in [4.78, 5) is 34.1. The Morgan fingerprint density at radius 2 is 2.00 bits per heavy atom. The molecule has 7 nitrogen and oxygen atoms in total. The first-order chi connectivity index (χ1) is 9.85. The van der Waals surface area contributed by atoms with Gasteiger partial charge in [0.1, 0.15) is 12.3 Å². The van der Waals surface area contributed by atoms with E-state index in [1.165, 1.54) is 26.0 Å². The number of nitrogens with one attached hydrogen (secondary N) is 2. The Balaban J connectivity index is 3.25. The van der Waals surface area contributed by atoms with Crippen LogP contribution in [0.4, 0.5) is 5.69 Å². The minimum absolute atomic E-state index is 0.0143. The number of nitriles is 1. The zero-order valence-electron chi connectivity index (χ0n) is 11.3. The number of hydrogen-bond donors (Lipinski definition) is 2. The van der Waals surface area contributed by atoms with Crippen LogP contribution in [0.5, 0.6) is 5.75 Å². The smallest absolute Gasteiger partial charge is 0.308 e. The van der Waals surface area contributed by atoms with Crippen molar-refractivity contribution in [2.45, 2.75) is 13.8 Å². The summed E-state index contributed by atoms with van der Waals surface area (Å²) in [5.74, 6) is -1.69. The highest BCUT2D eigenvalue weighted by Gasteiger charge is 2.18. The van der Waals surface area contributed by atoms with Gasteiger partial charge in [-0.25, -0.2) is 0 Å². The van der Waals surface area contributed by atoms with E-state index in [1.54, 1.807) is 6.07 Å². The SMILES string of the molecule is CC(=O)Nc1cc(OC(C)=O)c(C(=O)NCC#N)cc1Cl. The van der Waals surface area contributed by atoms with E-state index in [4.69, 9.17) is 21.6 Å². The molecule has 0 aromatic heterocycles. The summed E-state index contributed by atoms with van der Waals surface area (Å²) < 4.78 is 4.93. The first-order valence-electron chi connectivity index (χ1n) is 5.80. The summed E-state index contributed by atoms with van der Waals surface area (Å²) in [7, 11) is 0. The van der Waals surface area contributed by atoms with Gasteiger partial charge in [0.25, 0.3) is 5.91 Å². The van der Waals surface area contributed by atoms with Gasteiger partial charge in [0.05, 0.1) is 22.3 Å². The number of anilines is 1. The Hall–Kier alpha value is -2.59. The van der Waals surface area contributed by atoms with Crippen LogP contribution in [0.1, 0.15) is 24.2 Å². The number of esters is 1. The molecule has 2 amide bonds. The third kappa shape index (κ3) is 4.78. The van der Waals surface area contributed by atoms with Gasteiger partial charge < -0.3 is 15.4 Å². The second kappa shape index (κ2) is 7.26. The summed E-state index contributed by atoms with van der Waals surface area (Å²) in [6.45, 7) is 2.25. The van der Waals surface area contributed by atoms with Crippen LogP contribution in [0.25, 0.3) is 0 Å². The van der Waals surface area contributed by atoms with Gasteiger partial charge in [-0.15, -0.1) is 0 Å². The Labute approximate surface area is 125 Å². The summed E-state index contributed by atoms with van der Waals surface area (Å²) in [5.41, 5.74) is 0.191. The summed E-state index contributed by atoms with van der Waals surface area (Å²) in [6, 6.07) is 4.27. The van der Waals surface area contributed by atoms with E-state index < -0.39 is 11.9 Å². The Kier molecular flexibility index (Phi) is 5.69. The van der Waals surface area contributed by atoms with Crippen molar-refractivity contribution in [3.63, 3.8) is 0 Å². The highest BCUT2D eigenvalue weighted by Crippen LogP contribution is 2.31. The van der Waals surface area contributed by atoms with Crippen molar-refractivity contribution in [3.05, 3.63) is 22.7 Å². The molecule has 0 bridgehead atoms. The van der Waals surface area contributed by atoms with Gasteiger partial charge >= 0.3 is 5.97 Å². The molecule has 0 spiro atoms. The molecule has 0 radical (unpaired) electrons. The van der Waals surface area contributed by atoms with Crippen LogP contribution in [0.3, 0.4) is 0 Å². The van der Waals surface area contributed by atoms with Crippen LogP contribution < -0.4 is 15.4 Å². The van der Waals surface area contributed by atoms with Crippen LogP contribution in [0, 0.1) is 11.3 Å². The number of halogens is 1. The lowest BCUT2D eigenvalue weighted by Gasteiger charge is -2.12. The van der Waals surface area contributed by atoms with Crippen molar-refractivity contribution in [1.29, 1.82) is 5.26 Å². The molecule has 0 saturated carbocycles. The molecule has 0 atom stereocenters. The first kappa shape index (κ1) is 16.5. The van der Waals surface area contributed by atoms with Gasteiger partial charge in [-0.1, -0.05) is 11.6 Å². The van der Waals surface area contributed by atoms with E-state index in [0.29, 0.717) is 0 Å². The zero-order valence-corrected chi connectivity index (χ0v) is 12.1. The molecule has 1 rings (SSSR count). The number of carbonyl (C=O) groups is 3. The minimum Gasteiger partial charge on any atom is -0.426 e. The second-order valence-corrected chi connectivity index (χ2v) is 4.35. The average Bonchev–Trinajstić information content (AvgIpc) is 2.38. The normalized spacial score (nSPS) is 9.43. The third-order valence-corrected chi connectivity index (χ3v) is 2.52. The maximum atomic E-state index is 11.9. The van der Waals surface area contributed by atoms with E-state index in [-0.39, 0.29) is 34.5 Å². The molecule has 0 heterocycles. The Morgan fingerprint density at radius 3 is 2.52 bits per heavy atom.